The van der Waals surface area contributed by atoms with Crippen molar-refractivity contribution in [2.45, 2.75) is 45.8 Å². The lowest BCUT2D eigenvalue weighted by Gasteiger charge is -2.11. The Balaban J connectivity index is 3.21. The van der Waals surface area contributed by atoms with E-state index in [-0.39, 0.29) is 18.2 Å². The average molecular weight is 221 g/mol. The van der Waals surface area contributed by atoms with Crippen molar-refractivity contribution in [3.63, 3.8) is 0 Å². The molecule has 0 saturated heterocycles. The first-order valence-corrected chi connectivity index (χ1v) is 4.88. The predicted molar refractivity (Wildman–Crippen MR) is 49.4 cm³/mol. The number of nitrogens with zero attached hydrogens (tertiary/aromatic N) is 3. The van der Waals surface area contributed by atoms with Gasteiger partial charge in [0.05, 0.1) is 5.69 Å². The van der Waals surface area contributed by atoms with Crippen LogP contribution in [0.25, 0.3) is 0 Å². The van der Waals surface area contributed by atoms with Crippen LogP contribution in [0.2, 0.25) is 0 Å². The van der Waals surface area contributed by atoms with E-state index < -0.39 is 11.9 Å². The van der Waals surface area contributed by atoms with Gasteiger partial charge in [0.1, 0.15) is 0 Å². The van der Waals surface area contributed by atoms with Crippen LogP contribution in [0.1, 0.15) is 44.5 Å². The van der Waals surface area contributed by atoms with Crippen LogP contribution in [-0.2, 0) is 12.7 Å². The van der Waals surface area contributed by atoms with Crippen LogP contribution < -0.4 is 0 Å². The molecule has 0 bridgehead atoms. The maximum atomic E-state index is 12.7. The van der Waals surface area contributed by atoms with E-state index in [2.05, 4.69) is 10.3 Å². The molecule has 1 aromatic heterocycles. The van der Waals surface area contributed by atoms with Crippen LogP contribution in [0.4, 0.5) is 13.2 Å². The van der Waals surface area contributed by atoms with Crippen molar-refractivity contribution in [2.24, 2.45) is 0 Å². The molecule has 0 N–H and O–H groups in total. The van der Waals surface area contributed by atoms with Crippen LogP contribution in [0.5, 0.6) is 0 Å². The lowest BCUT2D eigenvalue weighted by atomic mass is 10.1. The van der Waals surface area contributed by atoms with Gasteiger partial charge in [-0.2, -0.15) is 13.2 Å². The highest BCUT2D eigenvalue weighted by Gasteiger charge is 2.39. The summed E-state index contributed by atoms with van der Waals surface area (Å²) in [7, 11) is 0. The summed E-state index contributed by atoms with van der Waals surface area (Å²) in [5, 5.41) is 7.13. The van der Waals surface area contributed by atoms with E-state index in [0.717, 1.165) is 4.68 Å². The largest absolute Gasteiger partial charge is 0.434 e. The molecular weight excluding hydrogens is 207 g/mol. The number of alkyl halides is 3. The van der Waals surface area contributed by atoms with Crippen molar-refractivity contribution in [1.82, 2.24) is 15.0 Å². The van der Waals surface area contributed by atoms with E-state index in [4.69, 9.17) is 0 Å². The zero-order valence-electron chi connectivity index (χ0n) is 8.97. The van der Waals surface area contributed by atoms with Gasteiger partial charge in [0.2, 0.25) is 0 Å². The Bertz CT molecular complexity index is 328. The van der Waals surface area contributed by atoms with Crippen LogP contribution in [-0.4, -0.2) is 15.0 Å². The first-order valence-electron chi connectivity index (χ1n) is 4.88. The summed E-state index contributed by atoms with van der Waals surface area (Å²) in [6.45, 7) is 5.40. The van der Waals surface area contributed by atoms with Crippen molar-refractivity contribution in [3.8, 4) is 0 Å². The van der Waals surface area contributed by atoms with E-state index >= 15 is 0 Å². The molecule has 0 spiro atoms. The average Bonchev–Trinajstić information content (AvgIpc) is 2.47. The highest BCUT2D eigenvalue weighted by molar-refractivity contribution is 5.17. The predicted octanol–water partition coefficient (Wildman–Crippen LogP) is 2.83. The standard InChI is InChI=1S/C9H14F3N3/c1-4-5-15-8(9(10,11)12)7(6(2)3)13-14-15/h6H,4-5H2,1-3H3. The second kappa shape index (κ2) is 4.20. The van der Waals surface area contributed by atoms with Gasteiger partial charge in [-0.15, -0.1) is 5.10 Å². The molecular formula is C9H14F3N3. The van der Waals surface area contributed by atoms with Crippen molar-refractivity contribution >= 4 is 0 Å². The summed E-state index contributed by atoms with van der Waals surface area (Å²) in [4.78, 5) is 0. The third kappa shape index (κ3) is 2.49. The van der Waals surface area contributed by atoms with Crippen LogP contribution in [0.15, 0.2) is 0 Å². The third-order valence-corrected chi connectivity index (χ3v) is 2.01. The molecule has 1 aromatic rings. The second-order valence-electron chi connectivity index (χ2n) is 3.70. The molecule has 0 radical (unpaired) electrons. The van der Waals surface area contributed by atoms with E-state index in [1.54, 1.807) is 20.8 Å². The number of aromatic nitrogens is 3. The topological polar surface area (TPSA) is 30.7 Å². The summed E-state index contributed by atoms with van der Waals surface area (Å²) >= 11 is 0. The maximum Gasteiger partial charge on any atom is 0.434 e. The van der Waals surface area contributed by atoms with Gasteiger partial charge in [-0.3, -0.25) is 0 Å². The second-order valence-corrected chi connectivity index (χ2v) is 3.70. The zero-order chi connectivity index (χ0) is 11.6. The Morgan fingerprint density at radius 2 is 1.93 bits per heavy atom. The fourth-order valence-electron chi connectivity index (χ4n) is 1.38. The summed E-state index contributed by atoms with van der Waals surface area (Å²) in [5.74, 6) is -0.271. The maximum absolute atomic E-state index is 12.7. The quantitative estimate of drug-likeness (QED) is 0.785. The minimum absolute atomic E-state index is 0.0240. The van der Waals surface area contributed by atoms with Gasteiger partial charge >= 0.3 is 6.18 Å². The molecule has 0 fully saturated rings. The van der Waals surface area contributed by atoms with Crippen LogP contribution in [0, 0.1) is 0 Å². The highest BCUT2D eigenvalue weighted by Crippen LogP contribution is 2.33. The zero-order valence-corrected chi connectivity index (χ0v) is 8.97. The molecule has 1 heterocycles. The third-order valence-electron chi connectivity index (χ3n) is 2.01. The Labute approximate surface area is 86.3 Å². The molecule has 86 valence electrons. The Kier molecular flexibility index (Phi) is 3.36. The Morgan fingerprint density at radius 3 is 2.33 bits per heavy atom. The molecule has 0 aromatic carbocycles. The van der Waals surface area contributed by atoms with E-state index in [0.29, 0.717) is 6.42 Å². The minimum Gasteiger partial charge on any atom is -0.240 e. The lowest BCUT2D eigenvalue weighted by Crippen LogP contribution is -2.17. The van der Waals surface area contributed by atoms with Crippen molar-refractivity contribution < 1.29 is 13.2 Å². The molecule has 0 unspecified atom stereocenters. The van der Waals surface area contributed by atoms with E-state index in [1.165, 1.54) is 0 Å². The molecule has 0 aliphatic rings. The first-order chi connectivity index (χ1) is 6.88. The number of aryl methyl sites for hydroxylation is 1. The van der Waals surface area contributed by atoms with Gasteiger partial charge in [0.25, 0.3) is 0 Å². The van der Waals surface area contributed by atoms with Crippen molar-refractivity contribution in [2.75, 3.05) is 0 Å². The highest BCUT2D eigenvalue weighted by atomic mass is 19.4. The molecule has 0 atom stereocenters. The minimum atomic E-state index is -4.38. The summed E-state index contributed by atoms with van der Waals surface area (Å²) < 4.78 is 39.1. The van der Waals surface area contributed by atoms with Crippen LogP contribution >= 0.6 is 0 Å². The number of hydrogen-bond donors (Lipinski definition) is 0. The smallest absolute Gasteiger partial charge is 0.240 e. The van der Waals surface area contributed by atoms with Gasteiger partial charge < -0.3 is 0 Å². The SMILES string of the molecule is CCCn1nnc(C(C)C)c1C(F)(F)F. The van der Waals surface area contributed by atoms with Crippen molar-refractivity contribution in [1.29, 1.82) is 0 Å². The molecule has 0 amide bonds. The molecule has 3 nitrogen and oxygen atoms in total. The summed E-state index contributed by atoms with van der Waals surface area (Å²) in [6, 6.07) is 0. The van der Waals surface area contributed by atoms with Gasteiger partial charge in [-0.25, -0.2) is 4.68 Å². The Hall–Kier alpha value is -1.07. The van der Waals surface area contributed by atoms with Gasteiger partial charge in [0, 0.05) is 6.54 Å². The number of hydrogen-bond acceptors (Lipinski definition) is 2. The van der Waals surface area contributed by atoms with E-state index in [1.807, 2.05) is 0 Å². The van der Waals surface area contributed by atoms with Crippen LogP contribution in [0.3, 0.4) is 0 Å². The van der Waals surface area contributed by atoms with Gasteiger partial charge in [-0.05, 0) is 12.3 Å². The summed E-state index contributed by atoms with van der Waals surface area (Å²) in [5.41, 5.74) is -0.685. The van der Waals surface area contributed by atoms with Gasteiger partial charge in [0.15, 0.2) is 5.69 Å². The summed E-state index contributed by atoms with van der Waals surface area (Å²) in [6.07, 6.45) is -3.78. The number of rotatable bonds is 3. The molecule has 6 heteroatoms. The molecule has 0 aliphatic carbocycles. The first kappa shape index (κ1) is 12.0. The van der Waals surface area contributed by atoms with E-state index in [9.17, 15) is 13.2 Å². The lowest BCUT2D eigenvalue weighted by molar-refractivity contribution is -0.145. The fraction of sp³-hybridized carbons (Fsp3) is 0.778. The molecule has 15 heavy (non-hydrogen) atoms. The molecule has 0 aliphatic heterocycles. The normalized spacial score (nSPS) is 12.5. The molecule has 1 rings (SSSR count). The fourth-order valence-corrected chi connectivity index (χ4v) is 1.38. The molecule has 0 saturated carbocycles. The Morgan fingerprint density at radius 1 is 1.33 bits per heavy atom. The monoisotopic (exact) mass is 221 g/mol. The number of halogens is 3. The van der Waals surface area contributed by atoms with Crippen molar-refractivity contribution in [3.05, 3.63) is 11.4 Å². The van der Waals surface area contributed by atoms with Gasteiger partial charge in [-0.1, -0.05) is 26.0 Å².